The lowest BCUT2D eigenvalue weighted by atomic mass is 10.2. The van der Waals surface area contributed by atoms with Crippen molar-refractivity contribution in [3.05, 3.63) is 38.9 Å². The highest BCUT2D eigenvalue weighted by Gasteiger charge is 2.07. The summed E-state index contributed by atoms with van der Waals surface area (Å²) in [4.78, 5) is 4.05. The summed E-state index contributed by atoms with van der Waals surface area (Å²) >= 11 is 12.9. The van der Waals surface area contributed by atoms with Crippen molar-refractivity contribution >= 4 is 34.5 Å². The summed E-state index contributed by atoms with van der Waals surface area (Å²) < 4.78 is 13.2. The number of hydrogen-bond acceptors (Lipinski definition) is 2. The van der Waals surface area contributed by atoms with Crippen LogP contribution in [0.4, 0.5) is 4.39 Å². The molecule has 0 aliphatic heterocycles. The Morgan fingerprint density at radius 3 is 2.64 bits per heavy atom. The van der Waals surface area contributed by atoms with E-state index in [9.17, 15) is 4.39 Å². The molecular formula is C9H4Cl2FNS. The van der Waals surface area contributed by atoms with E-state index in [0.29, 0.717) is 20.7 Å². The highest BCUT2D eigenvalue weighted by molar-refractivity contribution is 7.14. The average molecular weight is 248 g/mol. The molecule has 72 valence electrons. The summed E-state index contributed by atoms with van der Waals surface area (Å²) in [6, 6.07) is 4.18. The first-order valence-corrected chi connectivity index (χ1v) is 5.37. The summed E-state index contributed by atoms with van der Waals surface area (Å²) in [5.41, 5.74) is 1.36. The largest absolute Gasteiger partial charge is 0.225 e. The fourth-order valence-electron chi connectivity index (χ4n) is 1.07. The van der Waals surface area contributed by atoms with E-state index in [4.69, 9.17) is 23.2 Å². The minimum atomic E-state index is -0.361. The van der Waals surface area contributed by atoms with Gasteiger partial charge in [0.15, 0.2) is 4.47 Å². The molecule has 14 heavy (non-hydrogen) atoms. The topological polar surface area (TPSA) is 12.9 Å². The molecule has 1 nitrogen and oxygen atoms in total. The zero-order valence-corrected chi connectivity index (χ0v) is 9.13. The molecule has 0 spiro atoms. The first-order chi connectivity index (χ1) is 6.66. The first-order valence-electron chi connectivity index (χ1n) is 3.73. The monoisotopic (exact) mass is 247 g/mol. The van der Waals surface area contributed by atoms with Crippen molar-refractivity contribution in [1.82, 2.24) is 4.98 Å². The highest BCUT2D eigenvalue weighted by Crippen LogP contribution is 2.30. The van der Waals surface area contributed by atoms with Crippen molar-refractivity contribution < 1.29 is 4.39 Å². The van der Waals surface area contributed by atoms with Gasteiger partial charge in [-0.1, -0.05) is 23.2 Å². The second-order valence-corrected chi connectivity index (χ2v) is 4.46. The van der Waals surface area contributed by atoms with E-state index in [-0.39, 0.29) is 5.82 Å². The van der Waals surface area contributed by atoms with Crippen LogP contribution in [-0.4, -0.2) is 4.98 Å². The Morgan fingerprint density at radius 1 is 1.29 bits per heavy atom. The average Bonchev–Trinajstić information content (AvgIpc) is 2.51. The lowest BCUT2D eigenvalue weighted by Gasteiger charge is -1.99. The van der Waals surface area contributed by atoms with Gasteiger partial charge in [0.2, 0.25) is 0 Å². The predicted octanol–water partition coefficient (Wildman–Crippen LogP) is 4.26. The molecule has 0 atom stereocenters. The molecule has 1 aromatic heterocycles. The molecule has 1 aromatic carbocycles. The van der Waals surface area contributed by atoms with Gasteiger partial charge < -0.3 is 0 Å². The summed E-state index contributed by atoms with van der Waals surface area (Å²) in [7, 11) is 0. The van der Waals surface area contributed by atoms with Gasteiger partial charge >= 0.3 is 0 Å². The number of hydrogen-bond donors (Lipinski definition) is 0. The Morgan fingerprint density at radius 2 is 2.07 bits per heavy atom. The Hall–Kier alpha value is -0.640. The molecule has 0 saturated heterocycles. The fourth-order valence-corrected chi connectivity index (χ4v) is 2.10. The van der Waals surface area contributed by atoms with Crippen LogP contribution in [0.1, 0.15) is 0 Å². The van der Waals surface area contributed by atoms with Gasteiger partial charge in [0.25, 0.3) is 0 Å². The number of benzene rings is 1. The van der Waals surface area contributed by atoms with Crippen molar-refractivity contribution in [1.29, 1.82) is 0 Å². The fraction of sp³-hybridized carbons (Fsp3) is 0. The lowest BCUT2D eigenvalue weighted by Crippen LogP contribution is -1.81. The van der Waals surface area contributed by atoms with Crippen LogP contribution in [0.15, 0.2) is 23.6 Å². The van der Waals surface area contributed by atoms with E-state index in [2.05, 4.69) is 4.98 Å². The van der Waals surface area contributed by atoms with Crippen LogP contribution in [0.5, 0.6) is 0 Å². The molecule has 0 aliphatic rings. The van der Waals surface area contributed by atoms with Crippen molar-refractivity contribution in [2.24, 2.45) is 0 Å². The molecule has 0 saturated carbocycles. The Balaban J connectivity index is 2.52. The standard InChI is InChI=1S/C9H4Cl2FNS/c10-7-3-5(12)1-2-6(7)8-4-14-9(11)13-8/h1-4H. The number of rotatable bonds is 1. The van der Waals surface area contributed by atoms with Gasteiger partial charge in [-0.15, -0.1) is 11.3 Å². The summed E-state index contributed by atoms with van der Waals surface area (Å²) in [5, 5.41) is 2.12. The zero-order valence-electron chi connectivity index (χ0n) is 6.80. The molecule has 2 rings (SSSR count). The highest BCUT2D eigenvalue weighted by atomic mass is 35.5. The normalized spacial score (nSPS) is 10.5. The predicted molar refractivity (Wildman–Crippen MR) is 57.5 cm³/mol. The second kappa shape index (κ2) is 3.85. The third-order valence-electron chi connectivity index (χ3n) is 1.68. The van der Waals surface area contributed by atoms with E-state index in [0.717, 1.165) is 0 Å². The van der Waals surface area contributed by atoms with E-state index >= 15 is 0 Å². The van der Waals surface area contributed by atoms with Crippen LogP contribution < -0.4 is 0 Å². The van der Waals surface area contributed by atoms with Gasteiger partial charge in [-0.05, 0) is 18.2 Å². The molecule has 0 amide bonds. The molecule has 0 unspecified atom stereocenters. The van der Waals surface area contributed by atoms with Gasteiger partial charge in [0.1, 0.15) is 5.82 Å². The first kappa shape index (κ1) is 9.90. The molecule has 0 radical (unpaired) electrons. The summed E-state index contributed by atoms with van der Waals surface area (Å²) in [6.07, 6.45) is 0. The van der Waals surface area contributed by atoms with Gasteiger partial charge in [-0.25, -0.2) is 9.37 Å². The third-order valence-corrected chi connectivity index (χ3v) is 2.97. The molecular weight excluding hydrogens is 244 g/mol. The third kappa shape index (κ3) is 1.90. The smallest absolute Gasteiger partial charge is 0.184 e. The Labute approximate surface area is 94.1 Å². The molecule has 0 aliphatic carbocycles. The molecule has 0 N–H and O–H groups in total. The molecule has 1 heterocycles. The second-order valence-electron chi connectivity index (χ2n) is 2.61. The molecule has 0 bridgehead atoms. The molecule has 2 aromatic rings. The Bertz CT molecular complexity index is 470. The maximum absolute atomic E-state index is 12.7. The molecule has 0 fully saturated rings. The van der Waals surface area contributed by atoms with E-state index in [1.807, 2.05) is 0 Å². The lowest BCUT2D eigenvalue weighted by molar-refractivity contribution is 0.628. The van der Waals surface area contributed by atoms with Crippen molar-refractivity contribution in [3.8, 4) is 11.3 Å². The van der Waals surface area contributed by atoms with Crippen LogP contribution in [0.2, 0.25) is 9.49 Å². The summed E-state index contributed by atoms with van der Waals surface area (Å²) in [6.45, 7) is 0. The van der Waals surface area contributed by atoms with Crippen molar-refractivity contribution in [3.63, 3.8) is 0 Å². The minimum Gasteiger partial charge on any atom is -0.225 e. The van der Waals surface area contributed by atoms with Crippen molar-refractivity contribution in [2.75, 3.05) is 0 Å². The van der Waals surface area contributed by atoms with Crippen LogP contribution >= 0.6 is 34.5 Å². The van der Waals surface area contributed by atoms with E-state index in [1.165, 1.54) is 23.5 Å². The van der Waals surface area contributed by atoms with E-state index < -0.39 is 0 Å². The Kier molecular flexibility index (Phi) is 2.72. The maximum atomic E-state index is 12.7. The van der Waals surface area contributed by atoms with Gasteiger partial charge in [0.05, 0.1) is 10.7 Å². The van der Waals surface area contributed by atoms with Crippen molar-refractivity contribution in [2.45, 2.75) is 0 Å². The van der Waals surface area contributed by atoms with E-state index in [1.54, 1.807) is 11.4 Å². The quantitative estimate of drug-likeness (QED) is 0.734. The van der Waals surface area contributed by atoms with Gasteiger partial charge in [0, 0.05) is 10.9 Å². The number of nitrogens with zero attached hydrogens (tertiary/aromatic N) is 1. The summed E-state index contributed by atoms with van der Waals surface area (Å²) in [5.74, 6) is -0.361. The van der Waals surface area contributed by atoms with Gasteiger partial charge in [-0.3, -0.25) is 0 Å². The van der Waals surface area contributed by atoms with Crippen LogP contribution in [-0.2, 0) is 0 Å². The molecule has 5 heteroatoms. The van der Waals surface area contributed by atoms with Crippen LogP contribution in [0, 0.1) is 5.82 Å². The number of halogens is 3. The van der Waals surface area contributed by atoms with Gasteiger partial charge in [-0.2, -0.15) is 0 Å². The maximum Gasteiger partial charge on any atom is 0.184 e. The number of thiazole rings is 1. The minimum absolute atomic E-state index is 0.340. The number of aromatic nitrogens is 1. The zero-order chi connectivity index (χ0) is 10.1. The van der Waals surface area contributed by atoms with Crippen LogP contribution in [0.25, 0.3) is 11.3 Å². The SMILES string of the molecule is Fc1ccc(-c2csc(Cl)n2)c(Cl)c1. The van der Waals surface area contributed by atoms with Crippen LogP contribution in [0.3, 0.4) is 0 Å².